The summed E-state index contributed by atoms with van der Waals surface area (Å²) in [7, 11) is 0. The second-order valence-electron chi connectivity index (χ2n) is 8.89. The van der Waals surface area contributed by atoms with Gasteiger partial charge in [-0.05, 0) is 48.6 Å². The molecule has 1 aromatic rings. The van der Waals surface area contributed by atoms with E-state index < -0.39 is 0 Å². The van der Waals surface area contributed by atoms with Gasteiger partial charge in [0.25, 0.3) is 0 Å². The molecule has 1 aromatic carbocycles. The summed E-state index contributed by atoms with van der Waals surface area (Å²) in [5, 5.41) is 3.31. The smallest absolute Gasteiger partial charge is 0.317 e. The van der Waals surface area contributed by atoms with Crippen molar-refractivity contribution in [1.29, 1.82) is 0 Å². The molecule has 4 rings (SSSR count). The van der Waals surface area contributed by atoms with Crippen LogP contribution < -0.4 is 5.32 Å². The van der Waals surface area contributed by atoms with Gasteiger partial charge in [0.2, 0.25) is 0 Å². The van der Waals surface area contributed by atoms with E-state index >= 15 is 0 Å². The van der Waals surface area contributed by atoms with Gasteiger partial charge in [-0.15, -0.1) is 0 Å². The van der Waals surface area contributed by atoms with Crippen molar-refractivity contribution in [3.63, 3.8) is 0 Å². The van der Waals surface area contributed by atoms with Crippen molar-refractivity contribution < 1.29 is 14.3 Å². The van der Waals surface area contributed by atoms with E-state index in [0.717, 1.165) is 51.9 Å². The number of rotatable bonds is 1. The second kappa shape index (κ2) is 7.44. The van der Waals surface area contributed by atoms with Crippen LogP contribution in [-0.4, -0.2) is 49.4 Å². The van der Waals surface area contributed by atoms with E-state index in [4.69, 9.17) is 9.47 Å². The lowest BCUT2D eigenvalue weighted by Gasteiger charge is -2.38. The standard InChI is InChI=1S/C22H32N2O3/c1-21(2)8-7-19(17-5-3-4-6-18(17)21)23-20(25)24-12-9-22(27-16-13-24)10-14-26-15-11-22/h3-6,19H,7-16H2,1-2H3,(H,23,25). The first-order valence-electron chi connectivity index (χ1n) is 10.4. The minimum absolute atomic E-state index is 0.0437. The zero-order valence-corrected chi connectivity index (χ0v) is 16.6. The van der Waals surface area contributed by atoms with Crippen LogP contribution in [-0.2, 0) is 14.9 Å². The Morgan fingerprint density at radius 1 is 1.07 bits per heavy atom. The van der Waals surface area contributed by atoms with Crippen LogP contribution in [0.15, 0.2) is 24.3 Å². The highest BCUT2D eigenvalue weighted by atomic mass is 16.5. The fraction of sp³-hybridized carbons (Fsp3) is 0.682. The van der Waals surface area contributed by atoms with Crippen LogP contribution in [0.4, 0.5) is 4.79 Å². The molecule has 2 saturated heterocycles. The van der Waals surface area contributed by atoms with Gasteiger partial charge < -0.3 is 19.7 Å². The molecule has 27 heavy (non-hydrogen) atoms. The van der Waals surface area contributed by atoms with Crippen LogP contribution in [0, 0.1) is 0 Å². The van der Waals surface area contributed by atoms with Crippen LogP contribution in [0.2, 0.25) is 0 Å². The lowest BCUT2D eigenvalue weighted by atomic mass is 9.71. The first-order chi connectivity index (χ1) is 13.0. The van der Waals surface area contributed by atoms with Crippen molar-refractivity contribution >= 4 is 6.03 Å². The van der Waals surface area contributed by atoms with Gasteiger partial charge in [0.15, 0.2) is 0 Å². The monoisotopic (exact) mass is 372 g/mol. The maximum Gasteiger partial charge on any atom is 0.317 e. The molecule has 2 amide bonds. The second-order valence-corrected chi connectivity index (χ2v) is 8.89. The van der Waals surface area contributed by atoms with E-state index in [2.05, 4.69) is 43.4 Å². The molecule has 0 saturated carbocycles. The lowest BCUT2D eigenvalue weighted by molar-refractivity contribution is -0.105. The van der Waals surface area contributed by atoms with E-state index in [1.807, 2.05) is 4.90 Å². The Bertz CT molecular complexity index is 682. The SMILES string of the molecule is CC1(C)CCC(NC(=O)N2CCOC3(CCOCC3)CC2)c2ccccc21. The Labute approximate surface area is 162 Å². The third kappa shape index (κ3) is 3.85. The molecule has 2 heterocycles. The zero-order valence-electron chi connectivity index (χ0n) is 16.6. The van der Waals surface area contributed by atoms with Gasteiger partial charge in [0.1, 0.15) is 0 Å². The maximum absolute atomic E-state index is 13.0. The van der Waals surface area contributed by atoms with E-state index in [0.29, 0.717) is 13.2 Å². The van der Waals surface area contributed by atoms with Crippen molar-refractivity contribution in [2.24, 2.45) is 0 Å². The van der Waals surface area contributed by atoms with Gasteiger partial charge in [-0.3, -0.25) is 0 Å². The number of amides is 2. The fourth-order valence-electron chi connectivity index (χ4n) is 4.84. The van der Waals surface area contributed by atoms with Crippen molar-refractivity contribution in [3.05, 3.63) is 35.4 Å². The number of carbonyl (C=O) groups is 1. The quantitative estimate of drug-likeness (QED) is 0.816. The molecule has 0 radical (unpaired) electrons. The highest BCUT2D eigenvalue weighted by molar-refractivity contribution is 5.75. The summed E-state index contributed by atoms with van der Waals surface area (Å²) in [6.07, 6.45) is 4.85. The number of fused-ring (bicyclic) bond motifs is 1. The summed E-state index contributed by atoms with van der Waals surface area (Å²) >= 11 is 0. The van der Waals surface area contributed by atoms with Gasteiger partial charge in [0.05, 0.1) is 18.2 Å². The molecule has 1 atom stereocenters. The number of ether oxygens (including phenoxy) is 2. The highest BCUT2D eigenvalue weighted by Gasteiger charge is 2.37. The van der Waals surface area contributed by atoms with Crippen LogP contribution in [0.25, 0.3) is 0 Å². The molecular formula is C22H32N2O3. The predicted molar refractivity (Wildman–Crippen MR) is 105 cm³/mol. The summed E-state index contributed by atoms with van der Waals surface area (Å²) in [6, 6.07) is 8.70. The van der Waals surface area contributed by atoms with E-state index in [1.165, 1.54) is 11.1 Å². The summed E-state index contributed by atoms with van der Waals surface area (Å²) in [5.74, 6) is 0. The molecule has 1 unspecified atom stereocenters. The summed E-state index contributed by atoms with van der Waals surface area (Å²) in [4.78, 5) is 14.9. The Hall–Kier alpha value is -1.59. The topological polar surface area (TPSA) is 50.8 Å². The number of nitrogens with zero attached hydrogens (tertiary/aromatic N) is 1. The summed E-state index contributed by atoms with van der Waals surface area (Å²) < 4.78 is 11.7. The number of hydrogen-bond acceptors (Lipinski definition) is 3. The Balaban J connectivity index is 1.42. The molecule has 1 spiro atoms. The molecule has 5 heteroatoms. The predicted octanol–water partition coefficient (Wildman–Crippen LogP) is 3.78. The van der Waals surface area contributed by atoms with E-state index in [1.54, 1.807) is 0 Å². The normalized spacial score (nSPS) is 26.9. The first kappa shape index (κ1) is 18.8. The molecule has 3 aliphatic rings. The Morgan fingerprint density at radius 3 is 2.67 bits per heavy atom. The molecule has 0 aromatic heterocycles. The van der Waals surface area contributed by atoms with Gasteiger partial charge >= 0.3 is 6.03 Å². The largest absolute Gasteiger partial charge is 0.381 e. The minimum Gasteiger partial charge on any atom is -0.381 e. The number of hydrogen-bond donors (Lipinski definition) is 1. The lowest BCUT2D eigenvalue weighted by Crippen LogP contribution is -2.45. The van der Waals surface area contributed by atoms with Crippen LogP contribution in [0.3, 0.4) is 0 Å². The first-order valence-corrected chi connectivity index (χ1v) is 10.4. The summed E-state index contributed by atoms with van der Waals surface area (Å²) in [5.41, 5.74) is 2.72. The van der Waals surface area contributed by atoms with E-state index in [-0.39, 0.29) is 23.1 Å². The molecule has 0 bridgehead atoms. The van der Waals surface area contributed by atoms with Gasteiger partial charge in [-0.2, -0.15) is 0 Å². The third-order valence-corrected chi connectivity index (χ3v) is 6.72. The van der Waals surface area contributed by atoms with Crippen molar-refractivity contribution in [3.8, 4) is 0 Å². The van der Waals surface area contributed by atoms with Gasteiger partial charge in [0, 0.05) is 26.3 Å². The molecule has 1 aliphatic carbocycles. The van der Waals surface area contributed by atoms with Crippen molar-refractivity contribution in [2.75, 3.05) is 32.9 Å². The van der Waals surface area contributed by atoms with Crippen LogP contribution >= 0.6 is 0 Å². The molecule has 2 aliphatic heterocycles. The number of benzene rings is 1. The molecule has 148 valence electrons. The number of urea groups is 1. The van der Waals surface area contributed by atoms with Gasteiger partial charge in [-0.1, -0.05) is 38.1 Å². The average Bonchev–Trinajstić information content (AvgIpc) is 2.88. The zero-order chi connectivity index (χ0) is 18.9. The van der Waals surface area contributed by atoms with Crippen molar-refractivity contribution in [1.82, 2.24) is 10.2 Å². The Morgan fingerprint density at radius 2 is 1.85 bits per heavy atom. The molecule has 2 fully saturated rings. The van der Waals surface area contributed by atoms with Gasteiger partial charge in [-0.25, -0.2) is 4.79 Å². The van der Waals surface area contributed by atoms with Crippen molar-refractivity contribution in [2.45, 2.75) is 63.0 Å². The third-order valence-electron chi connectivity index (χ3n) is 6.72. The average molecular weight is 373 g/mol. The molecule has 1 N–H and O–H groups in total. The number of carbonyl (C=O) groups excluding carboxylic acids is 1. The minimum atomic E-state index is -0.0885. The Kier molecular flexibility index (Phi) is 5.17. The maximum atomic E-state index is 13.0. The fourth-order valence-corrected chi connectivity index (χ4v) is 4.84. The highest BCUT2D eigenvalue weighted by Crippen LogP contribution is 2.41. The summed E-state index contributed by atoms with van der Waals surface area (Å²) in [6.45, 7) is 8.15. The molecular weight excluding hydrogens is 340 g/mol. The molecule has 5 nitrogen and oxygen atoms in total. The van der Waals surface area contributed by atoms with E-state index in [9.17, 15) is 4.79 Å². The van der Waals surface area contributed by atoms with Crippen LogP contribution in [0.1, 0.15) is 63.1 Å². The van der Waals surface area contributed by atoms with Crippen LogP contribution in [0.5, 0.6) is 0 Å². The number of nitrogens with one attached hydrogen (secondary N) is 1.